The Bertz CT molecular complexity index is 970. The fourth-order valence-corrected chi connectivity index (χ4v) is 3.70. The van der Waals surface area contributed by atoms with E-state index in [0.29, 0.717) is 42.6 Å². The van der Waals surface area contributed by atoms with Gasteiger partial charge in [0.05, 0.1) is 11.1 Å². The summed E-state index contributed by atoms with van der Waals surface area (Å²) < 4.78 is 77.6. The van der Waals surface area contributed by atoms with Gasteiger partial charge in [-0.3, -0.25) is 4.79 Å². The van der Waals surface area contributed by atoms with Gasteiger partial charge in [-0.05, 0) is 59.7 Å². The first-order valence-corrected chi connectivity index (χ1v) is 10.6. The Hall–Kier alpha value is -3.07. The van der Waals surface area contributed by atoms with Crippen LogP contribution in [0.1, 0.15) is 35.1 Å². The zero-order valence-electron chi connectivity index (χ0n) is 18.0. The number of benzene rings is 2. The molecule has 0 aromatic heterocycles. The molecule has 1 fully saturated rings. The smallest absolute Gasteiger partial charge is 0.396 e. The Labute approximate surface area is 193 Å². The van der Waals surface area contributed by atoms with Crippen LogP contribution in [0.3, 0.4) is 0 Å². The molecule has 1 aliphatic heterocycles. The summed E-state index contributed by atoms with van der Waals surface area (Å²) in [7, 11) is 0. The van der Waals surface area contributed by atoms with Crippen molar-refractivity contribution >= 4 is 11.5 Å². The van der Waals surface area contributed by atoms with Gasteiger partial charge >= 0.3 is 12.4 Å². The number of piperidine rings is 1. The Morgan fingerprint density at radius 1 is 0.853 bits per heavy atom. The van der Waals surface area contributed by atoms with Gasteiger partial charge in [0.1, 0.15) is 0 Å². The van der Waals surface area contributed by atoms with Crippen molar-refractivity contribution in [1.29, 1.82) is 0 Å². The van der Waals surface area contributed by atoms with Crippen molar-refractivity contribution in [2.45, 2.75) is 25.2 Å². The topological polar surface area (TPSA) is 40.5 Å². The lowest BCUT2D eigenvalue weighted by atomic mass is 9.95. The van der Waals surface area contributed by atoms with Crippen molar-refractivity contribution in [3.05, 3.63) is 89.0 Å². The van der Waals surface area contributed by atoms with Crippen molar-refractivity contribution in [1.82, 2.24) is 4.90 Å². The number of allylic oxidation sites excluding steroid dienone is 2. The Kier molecular flexibility index (Phi) is 7.86. The lowest BCUT2D eigenvalue weighted by Crippen LogP contribution is -2.38. The number of rotatable bonds is 5. The number of nitrogens with zero attached hydrogens (tertiary/aromatic N) is 1. The molecule has 0 spiro atoms. The minimum absolute atomic E-state index is 0.0736. The van der Waals surface area contributed by atoms with E-state index in [-0.39, 0.29) is 18.4 Å². The number of hydrogen-bond acceptors (Lipinski definition) is 2. The molecule has 0 atom stereocenters. The predicted molar refractivity (Wildman–Crippen MR) is 115 cm³/mol. The maximum Gasteiger partial charge on any atom is 0.416 e. The average molecular weight is 483 g/mol. The summed E-state index contributed by atoms with van der Waals surface area (Å²) in [5.41, 5.74) is -0.618. The summed E-state index contributed by atoms with van der Waals surface area (Å²) in [4.78, 5) is 14.1. The minimum atomic E-state index is -4.52. The van der Waals surface area contributed by atoms with Gasteiger partial charge in [-0.15, -0.1) is 0 Å². The summed E-state index contributed by atoms with van der Waals surface area (Å²) in [6.45, 7) is 1.08. The van der Waals surface area contributed by atoms with Crippen molar-refractivity contribution in [3.8, 4) is 0 Å². The third kappa shape index (κ3) is 6.50. The molecule has 0 bridgehead atoms. The minimum Gasteiger partial charge on any atom is -0.396 e. The molecule has 34 heavy (non-hydrogen) atoms. The first-order valence-electron chi connectivity index (χ1n) is 10.6. The highest BCUT2D eigenvalue weighted by atomic mass is 19.4. The Morgan fingerprint density at radius 2 is 1.29 bits per heavy atom. The summed E-state index contributed by atoms with van der Waals surface area (Å²) in [5.74, 6) is -0.0919. The molecular formula is C25H23F6NO2. The third-order valence-corrected chi connectivity index (χ3v) is 5.73. The zero-order valence-corrected chi connectivity index (χ0v) is 18.0. The van der Waals surface area contributed by atoms with Gasteiger partial charge in [-0.25, -0.2) is 0 Å². The van der Waals surface area contributed by atoms with Crippen molar-refractivity contribution in [2.75, 3.05) is 19.7 Å². The van der Waals surface area contributed by atoms with Gasteiger partial charge in [-0.1, -0.05) is 36.4 Å². The molecule has 2 aromatic carbocycles. The van der Waals surface area contributed by atoms with E-state index in [1.54, 1.807) is 4.90 Å². The molecule has 9 heteroatoms. The van der Waals surface area contributed by atoms with E-state index in [4.69, 9.17) is 0 Å². The maximum absolute atomic E-state index is 12.9. The first kappa shape index (κ1) is 25.6. The Balaban J connectivity index is 1.88. The number of alkyl halides is 6. The molecule has 1 N–H and O–H groups in total. The summed E-state index contributed by atoms with van der Waals surface area (Å²) in [5, 5.41) is 9.21. The number of amides is 1. The average Bonchev–Trinajstić information content (AvgIpc) is 2.81. The first-order chi connectivity index (χ1) is 16.0. The van der Waals surface area contributed by atoms with Gasteiger partial charge < -0.3 is 10.0 Å². The normalized spacial score (nSPS) is 15.6. The number of halogens is 6. The van der Waals surface area contributed by atoms with Crippen LogP contribution in [0, 0.1) is 5.92 Å². The van der Waals surface area contributed by atoms with Gasteiger partial charge in [-0.2, -0.15) is 26.3 Å². The van der Waals surface area contributed by atoms with E-state index < -0.39 is 23.5 Å². The van der Waals surface area contributed by atoms with E-state index in [2.05, 4.69) is 0 Å². The lowest BCUT2D eigenvalue weighted by Gasteiger charge is -2.30. The van der Waals surface area contributed by atoms with Gasteiger partial charge in [0.25, 0.3) is 0 Å². The van der Waals surface area contributed by atoms with Crippen LogP contribution in [0.4, 0.5) is 26.3 Å². The molecule has 0 radical (unpaired) electrons. The van der Waals surface area contributed by atoms with Crippen LogP contribution < -0.4 is 0 Å². The van der Waals surface area contributed by atoms with Gasteiger partial charge in [0.15, 0.2) is 0 Å². The molecule has 1 heterocycles. The second kappa shape index (κ2) is 10.5. The molecule has 0 saturated carbocycles. The van der Waals surface area contributed by atoms with Gasteiger partial charge in [0, 0.05) is 25.8 Å². The van der Waals surface area contributed by atoms with Crippen LogP contribution in [0.2, 0.25) is 0 Å². The highest BCUT2D eigenvalue weighted by Crippen LogP contribution is 2.33. The largest absolute Gasteiger partial charge is 0.416 e. The quantitative estimate of drug-likeness (QED) is 0.325. The zero-order chi connectivity index (χ0) is 24.9. The predicted octanol–water partition coefficient (Wildman–Crippen LogP) is 5.94. The second-order valence-corrected chi connectivity index (χ2v) is 8.04. The highest BCUT2D eigenvalue weighted by Gasteiger charge is 2.31. The Morgan fingerprint density at radius 3 is 1.68 bits per heavy atom. The molecule has 0 aliphatic carbocycles. The molecule has 0 unspecified atom stereocenters. The van der Waals surface area contributed by atoms with Crippen LogP contribution in [-0.2, 0) is 17.1 Å². The van der Waals surface area contributed by atoms with Crippen LogP contribution >= 0.6 is 0 Å². The van der Waals surface area contributed by atoms with Gasteiger partial charge in [0.2, 0.25) is 5.91 Å². The van der Waals surface area contributed by atoms with Crippen molar-refractivity contribution < 1.29 is 36.2 Å². The van der Waals surface area contributed by atoms with Crippen LogP contribution in [0.5, 0.6) is 0 Å². The number of aliphatic hydroxyl groups is 1. The van der Waals surface area contributed by atoms with E-state index in [9.17, 15) is 36.2 Å². The second-order valence-electron chi connectivity index (χ2n) is 8.04. The summed E-state index contributed by atoms with van der Waals surface area (Å²) in [6.07, 6.45) is -3.43. The summed E-state index contributed by atoms with van der Waals surface area (Å²) in [6, 6.07) is 8.54. The maximum atomic E-state index is 12.9. The SMILES string of the molecule is O=C(C=CC=C(c1ccc(C(F)(F)F)cc1)c1ccc(C(F)(F)F)cc1)N1CCC(CO)CC1. The molecule has 1 aliphatic rings. The van der Waals surface area contributed by atoms with Crippen LogP contribution in [-0.4, -0.2) is 35.6 Å². The highest BCUT2D eigenvalue weighted by molar-refractivity contribution is 5.89. The number of hydrogen-bond donors (Lipinski definition) is 1. The monoisotopic (exact) mass is 483 g/mol. The molecule has 3 nitrogen and oxygen atoms in total. The standard InChI is InChI=1S/C25H23F6NO2/c26-24(27,28)20-8-4-18(5-9-20)22(19-6-10-21(11-7-19)25(29,30)31)2-1-3-23(34)32-14-12-17(16-33)13-15-32/h1-11,17,33H,12-16H2. The molecule has 182 valence electrons. The lowest BCUT2D eigenvalue weighted by molar-refractivity contribution is -0.138. The molecular weight excluding hydrogens is 460 g/mol. The number of likely N-dealkylation sites (tertiary alicyclic amines) is 1. The van der Waals surface area contributed by atoms with E-state index in [0.717, 1.165) is 24.3 Å². The molecule has 2 aromatic rings. The van der Waals surface area contributed by atoms with Crippen LogP contribution in [0.15, 0.2) is 66.8 Å². The molecule has 1 amide bonds. The van der Waals surface area contributed by atoms with Crippen molar-refractivity contribution in [2.24, 2.45) is 5.92 Å². The molecule has 3 rings (SSSR count). The molecule has 1 saturated heterocycles. The van der Waals surface area contributed by atoms with Crippen molar-refractivity contribution in [3.63, 3.8) is 0 Å². The summed E-state index contributed by atoms with van der Waals surface area (Å²) >= 11 is 0. The fraction of sp³-hybridized carbons (Fsp3) is 0.320. The number of carbonyl (C=O) groups is 1. The van der Waals surface area contributed by atoms with Crippen LogP contribution in [0.25, 0.3) is 5.57 Å². The third-order valence-electron chi connectivity index (χ3n) is 5.73. The number of carbonyl (C=O) groups excluding carboxylic acids is 1. The number of aliphatic hydroxyl groups excluding tert-OH is 1. The van der Waals surface area contributed by atoms with E-state index in [1.807, 2.05) is 0 Å². The fourth-order valence-electron chi connectivity index (χ4n) is 3.70. The van der Waals surface area contributed by atoms with E-state index >= 15 is 0 Å². The van der Waals surface area contributed by atoms with E-state index in [1.165, 1.54) is 42.5 Å².